The maximum atomic E-state index is 11.9. The molecule has 0 spiro atoms. The summed E-state index contributed by atoms with van der Waals surface area (Å²) < 4.78 is 0. The minimum absolute atomic E-state index is 0. The van der Waals surface area contributed by atoms with Gasteiger partial charge in [-0.25, -0.2) is 5.43 Å². The number of benzene rings is 1. The molecule has 6 nitrogen and oxygen atoms in total. The lowest BCUT2D eigenvalue weighted by Gasteiger charge is -2.12. The van der Waals surface area contributed by atoms with Gasteiger partial charge in [-0.2, -0.15) is 5.10 Å². The van der Waals surface area contributed by atoms with Gasteiger partial charge in [0.1, 0.15) is 0 Å². The zero-order chi connectivity index (χ0) is 15.2. The van der Waals surface area contributed by atoms with Gasteiger partial charge in [-0.1, -0.05) is 26.0 Å². The van der Waals surface area contributed by atoms with Crippen molar-refractivity contribution in [1.29, 1.82) is 0 Å². The molecule has 118 valence electrons. The highest BCUT2D eigenvalue weighted by atomic mass is 35.5. The van der Waals surface area contributed by atoms with Crippen LogP contribution in [0.5, 0.6) is 0 Å². The summed E-state index contributed by atoms with van der Waals surface area (Å²) in [5.41, 5.74) is 8.77. The lowest BCUT2D eigenvalue weighted by Crippen LogP contribution is -3.00. The van der Waals surface area contributed by atoms with E-state index >= 15 is 0 Å². The lowest BCUT2D eigenvalue weighted by atomic mass is 10.00. The van der Waals surface area contributed by atoms with E-state index in [1.165, 1.54) is 0 Å². The number of hydrogen-bond donors (Lipinski definition) is 2. The van der Waals surface area contributed by atoms with Crippen molar-refractivity contribution in [3.8, 4) is 0 Å². The fourth-order valence-corrected chi connectivity index (χ4v) is 1.91. The van der Waals surface area contributed by atoms with E-state index in [0.29, 0.717) is 0 Å². The summed E-state index contributed by atoms with van der Waals surface area (Å²) in [4.78, 5) is 20.4. The molecule has 7 heteroatoms. The Hall–Kier alpha value is -2.05. The number of halogens is 1. The number of hydrogen-bond acceptors (Lipinski definition) is 4. The van der Waals surface area contributed by atoms with Crippen molar-refractivity contribution >= 4 is 23.2 Å². The Morgan fingerprint density at radius 2 is 2.14 bits per heavy atom. The zero-order valence-electron chi connectivity index (χ0n) is 12.7. The van der Waals surface area contributed by atoms with Crippen LogP contribution in [0.2, 0.25) is 0 Å². The summed E-state index contributed by atoms with van der Waals surface area (Å²) in [6.45, 7) is 4.04. The number of amides is 1. The van der Waals surface area contributed by atoms with Gasteiger partial charge in [0, 0.05) is 23.9 Å². The number of hydrazone groups is 1. The van der Waals surface area contributed by atoms with Crippen LogP contribution in [0.4, 0.5) is 0 Å². The Bertz CT molecular complexity index is 656. The van der Waals surface area contributed by atoms with Crippen molar-refractivity contribution in [3.63, 3.8) is 0 Å². The summed E-state index contributed by atoms with van der Waals surface area (Å²) in [5, 5.41) is 4.00. The molecule has 0 saturated carbocycles. The molecule has 2 atom stereocenters. The molecular weight excluding hydrogens is 302 g/mol. The second-order valence-corrected chi connectivity index (χ2v) is 5.00. The van der Waals surface area contributed by atoms with Crippen LogP contribution in [-0.2, 0) is 4.79 Å². The second-order valence-electron chi connectivity index (χ2n) is 5.00. The van der Waals surface area contributed by atoms with Crippen molar-refractivity contribution in [3.05, 3.63) is 36.2 Å². The molecule has 0 aliphatic rings. The SMILES string of the molecule is CCC(C)[C@@H]([NH3+])C(=O)N/N=C/c1cccc2nccnc12.[Cl-]. The van der Waals surface area contributed by atoms with Crippen LogP contribution in [0.3, 0.4) is 0 Å². The molecule has 2 rings (SSSR count). The highest BCUT2D eigenvalue weighted by Gasteiger charge is 2.22. The fraction of sp³-hybridized carbons (Fsp3) is 0.333. The standard InChI is InChI=1S/C15H19N5O.ClH/c1-3-10(2)13(16)15(21)20-19-9-11-5-4-6-12-14(11)18-8-7-17-12;/h4-10,13H,3,16H2,1-2H3,(H,20,21);1H/b19-9+;/t10?,13-;/m1./s1. The van der Waals surface area contributed by atoms with Gasteiger partial charge < -0.3 is 18.1 Å². The molecule has 2 aromatic rings. The molecule has 4 N–H and O–H groups in total. The van der Waals surface area contributed by atoms with Crippen molar-refractivity contribution in [2.24, 2.45) is 11.0 Å². The van der Waals surface area contributed by atoms with Gasteiger partial charge in [-0.05, 0) is 12.5 Å². The number of nitrogens with one attached hydrogen (secondary N) is 1. The topological polar surface area (TPSA) is 94.9 Å². The summed E-state index contributed by atoms with van der Waals surface area (Å²) in [7, 11) is 0. The molecule has 0 fully saturated rings. The molecule has 1 amide bonds. The molecule has 22 heavy (non-hydrogen) atoms. The molecule has 0 radical (unpaired) electrons. The van der Waals surface area contributed by atoms with E-state index < -0.39 is 0 Å². The number of carbonyl (C=O) groups excluding carboxylic acids is 1. The van der Waals surface area contributed by atoms with Gasteiger partial charge in [-0.15, -0.1) is 0 Å². The normalized spacial score (nSPS) is 13.6. The highest BCUT2D eigenvalue weighted by Crippen LogP contribution is 2.11. The maximum Gasteiger partial charge on any atom is 0.298 e. The number of rotatable bonds is 5. The number of carbonyl (C=O) groups is 1. The third kappa shape index (κ3) is 4.22. The first-order valence-electron chi connectivity index (χ1n) is 6.99. The fourth-order valence-electron chi connectivity index (χ4n) is 1.91. The molecule has 1 aromatic heterocycles. The van der Waals surface area contributed by atoms with E-state index in [-0.39, 0.29) is 30.3 Å². The first kappa shape index (κ1) is 18.0. The van der Waals surface area contributed by atoms with Gasteiger partial charge in [0.05, 0.1) is 17.2 Å². The Morgan fingerprint density at radius 1 is 1.41 bits per heavy atom. The minimum atomic E-state index is -0.306. The van der Waals surface area contributed by atoms with E-state index in [0.717, 1.165) is 23.0 Å². The molecule has 1 unspecified atom stereocenters. The van der Waals surface area contributed by atoms with E-state index in [1.54, 1.807) is 18.6 Å². The summed E-state index contributed by atoms with van der Waals surface area (Å²) in [6.07, 6.45) is 5.76. The van der Waals surface area contributed by atoms with Crippen LogP contribution in [-0.4, -0.2) is 28.1 Å². The quantitative estimate of drug-likeness (QED) is 0.481. The Balaban J connectivity index is 0.00000242. The third-order valence-corrected chi connectivity index (χ3v) is 3.58. The average molecular weight is 322 g/mol. The average Bonchev–Trinajstić information content (AvgIpc) is 2.53. The molecule has 0 bridgehead atoms. The molecule has 0 aliphatic heterocycles. The summed E-state index contributed by atoms with van der Waals surface area (Å²) in [5.74, 6) is 0.0514. The van der Waals surface area contributed by atoms with Crippen molar-refractivity contribution in [1.82, 2.24) is 15.4 Å². The first-order chi connectivity index (χ1) is 10.1. The smallest absolute Gasteiger partial charge is 0.298 e. The van der Waals surface area contributed by atoms with E-state index in [2.05, 4.69) is 26.2 Å². The van der Waals surface area contributed by atoms with Gasteiger partial charge in [-0.3, -0.25) is 14.8 Å². The Labute approximate surface area is 135 Å². The lowest BCUT2D eigenvalue weighted by molar-refractivity contribution is -0.415. The van der Waals surface area contributed by atoms with Crippen molar-refractivity contribution < 1.29 is 22.9 Å². The zero-order valence-corrected chi connectivity index (χ0v) is 13.4. The van der Waals surface area contributed by atoms with E-state index in [4.69, 9.17) is 0 Å². The molecule has 1 aromatic carbocycles. The predicted molar refractivity (Wildman–Crippen MR) is 81.4 cm³/mol. The number of nitrogens with zero attached hydrogens (tertiary/aromatic N) is 3. The van der Waals surface area contributed by atoms with Crippen LogP contribution in [0.15, 0.2) is 35.7 Å². The van der Waals surface area contributed by atoms with Gasteiger partial charge in [0.25, 0.3) is 5.91 Å². The van der Waals surface area contributed by atoms with Crippen LogP contribution in [0, 0.1) is 5.92 Å². The maximum absolute atomic E-state index is 11.9. The number of quaternary nitrogens is 1. The van der Waals surface area contributed by atoms with E-state index in [1.807, 2.05) is 32.0 Å². The Kier molecular flexibility index (Phi) is 6.88. The van der Waals surface area contributed by atoms with Gasteiger partial charge >= 0.3 is 0 Å². The van der Waals surface area contributed by atoms with Crippen LogP contribution >= 0.6 is 0 Å². The summed E-state index contributed by atoms with van der Waals surface area (Å²) >= 11 is 0. The first-order valence-corrected chi connectivity index (χ1v) is 6.99. The monoisotopic (exact) mass is 321 g/mol. The third-order valence-electron chi connectivity index (χ3n) is 3.58. The Morgan fingerprint density at radius 3 is 2.86 bits per heavy atom. The minimum Gasteiger partial charge on any atom is -1.00 e. The molecule has 1 heterocycles. The summed E-state index contributed by atoms with van der Waals surface area (Å²) in [6, 6.07) is 5.33. The highest BCUT2D eigenvalue weighted by molar-refractivity contribution is 5.96. The number of aromatic nitrogens is 2. The molecule has 0 aliphatic carbocycles. The second kappa shape index (κ2) is 8.41. The molecule has 0 saturated heterocycles. The van der Waals surface area contributed by atoms with Crippen LogP contribution in [0.25, 0.3) is 11.0 Å². The number of para-hydroxylation sites is 1. The van der Waals surface area contributed by atoms with Crippen molar-refractivity contribution in [2.45, 2.75) is 26.3 Å². The van der Waals surface area contributed by atoms with Gasteiger partial charge in [0.2, 0.25) is 0 Å². The van der Waals surface area contributed by atoms with Gasteiger partial charge in [0.15, 0.2) is 6.04 Å². The predicted octanol–water partition coefficient (Wildman–Crippen LogP) is -2.26. The van der Waals surface area contributed by atoms with Crippen molar-refractivity contribution in [2.75, 3.05) is 0 Å². The van der Waals surface area contributed by atoms with E-state index in [9.17, 15) is 4.79 Å². The van der Waals surface area contributed by atoms with Crippen LogP contribution < -0.4 is 23.6 Å². The number of fused-ring (bicyclic) bond motifs is 1. The largest absolute Gasteiger partial charge is 1.00 e. The molecular formula is C15H20ClN5O. The van der Waals surface area contributed by atoms with Crippen LogP contribution in [0.1, 0.15) is 25.8 Å².